The first-order chi connectivity index (χ1) is 4.70. The average molecular weight is 139 g/mol. The van der Waals surface area contributed by atoms with E-state index in [4.69, 9.17) is 0 Å². The SMILES string of the molecule is CC1CC[C-](C(C)C)CC1. The van der Waals surface area contributed by atoms with E-state index in [2.05, 4.69) is 20.8 Å². The number of rotatable bonds is 1. The van der Waals surface area contributed by atoms with E-state index < -0.39 is 0 Å². The van der Waals surface area contributed by atoms with Gasteiger partial charge in [0.2, 0.25) is 0 Å². The minimum atomic E-state index is 0.840. The largest absolute Gasteiger partial charge is 0.311 e. The molecule has 0 aromatic heterocycles. The summed E-state index contributed by atoms with van der Waals surface area (Å²) in [6.45, 7) is 7.02. The van der Waals surface area contributed by atoms with Crippen LogP contribution in [0, 0.1) is 17.8 Å². The Morgan fingerprint density at radius 1 is 1.20 bits per heavy atom. The Balaban J connectivity index is 2.26. The third kappa shape index (κ3) is 2.00. The maximum absolute atomic E-state index is 2.37. The van der Waals surface area contributed by atoms with Crippen molar-refractivity contribution in [1.29, 1.82) is 0 Å². The molecule has 1 aliphatic carbocycles. The fourth-order valence-electron chi connectivity index (χ4n) is 1.71. The third-order valence-electron chi connectivity index (χ3n) is 2.73. The molecule has 0 unspecified atom stereocenters. The van der Waals surface area contributed by atoms with Crippen molar-refractivity contribution in [3.8, 4) is 0 Å². The van der Waals surface area contributed by atoms with Crippen molar-refractivity contribution in [2.75, 3.05) is 0 Å². The van der Waals surface area contributed by atoms with Gasteiger partial charge in [0.05, 0.1) is 0 Å². The van der Waals surface area contributed by atoms with Crippen LogP contribution < -0.4 is 0 Å². The van der Waals surface area contributed by atoms with Gasteiger partial charge in [-0.1, -0.05) is 33.6 Å². The first-order valence-electron chi connectivity index (χ1n) is 4.54. The maximum Gasteiger partial charge on any atom is -0.0491 e. The van der Waals surface area contributed by atoms with Crippen molar-refractivity contribution in [3.63, 3.8) is 0 Å². The Morgan fingerprint density at radius 2 is 1.70 bits per heavy atom. The Morgan fingerprint density at radius 3 is 2.10 bits per heavy atom. The van der Waals surface area contributed by atoms with Crippen LogP contribution in [0.15, 0.2) is 0 Å². The summed E-state index contributed by atoms with van der Waals surface area (Å²) in [5.74, 6) is 3.63. The highest BCUT2D eigenvalue weighted by molar-refractivity contribution is 4.96. The van der Waals surface area contributed by atoms with Gasteiger partial charge in [0, 0.05) is 0 Å². The van der Waals surface area contributed by atoms with Gasteiger partial charge in [0.1, 0.15) is 0 Å². The van der Waals surface area contributed by atoms with Crippen LogP contribution in [-0.4, -0.2) is 0 Å². The van der Waals surface area contributed by atoms with Crippen molar-refractivity contribution < 1.29 is 0 Å². The minimum Gasteiger partial charge on any atom is -0.311 e. The summed E-state index contributed by atoms with van der Waals surface area (Å²) in [6, 6.07) is 0. The smallest absolute Gasteiger partial charge is 0.0491 e. The molecule has 1 rings (SSSR count). The van der Waals surface area contributed by atoms with Crippen molar-refractivity contribution in [1.82, 2.24) is 0 Å². The summed E-state index contributed by atoms with van der Waals surface area (Å²) >= 11 is 0. The van der Waals surface area contributed by atoms with Gasteiger partial charge in [-0.15, -0.1) is 0 Å². The van der Waals surface area contributed by atoms with Crippen molar-refractivity contribution in [3.05, 3.63) is 5.92 Å². The lowest BCUT2D eigenvalue weighted by molar-refractivity contribution is 0.368. The molecule has 0 heterocycles. The quantitative estimate of drug-likeness (QED) is 0.488. The zero-order chi connectivity index (χ0) is 7.56. The number of hydrogen-bond acceptors (Lipinski definition) is 0. The summed E-state index contributed by atoms with van der Waals surface area (Å²) in [6.07, 6.45) is 5.68. The molecule has 0 atom stereocenters. The highest BCUT2D eigenvalue weighted by Crippen LogP contribution is 2.34. The van der Waals surface area contributed by atoms with Crippen molar-refractivity contribution >= 4 is 0 Å². The standard InChI is InChI=1S/C10H19/c1-8(2)10-6-4-9(3)5-7-10/h8-9H,4-7H2,1-3H3/q-1. The predicted octanol–water partition coefficient (Wildman–Crippen LogP) is 3.43. The summed E-state index contributed by atoms with van der Waals surface area (Å²) in [5, 5.41) is 0. The molecule has 0 radical (unpaired) electrons. The second kappa shape index (κ2) is 3.41. The lowest BCUT2D eigenvalue weighted by Crippen LogP contribution is -2.14. The third-order valence-corrected chi connectivity index (χ3v) is 2.73. The number of hydrogen-bond donors (Lipinski definition) is 0. The molecule has 0 spiro atoms. The molecule has 0 aromatic carbocycles. The molecular formula is C10H19-. The van der Waals surface area contributed by atoms with E-state index in [0.717, 1.165) is 11.8 Å². The second-order valence-corrected chi connectivity index (χ2v) is 4.00. The van der Waals surface area contributed by atoms with Gasteiger partial charge in [-0.3, -0.25) is 0 Å². The van der Waals surface area contributed by atoms with Gasteiger partial charge in [0.25, 0.3) is 0 Å². The van der Waals surface area contributed by atoms with E-state index in [1.54, 1.807) is 5.92 Å². The van der Waals surface area contributed by atoms with Gasteiger partial charge < -0.3 is 5.92 Å². The normalized spacial score (nSPS) is 24.0. The Labute approximate surface area is 65.0 Å². The predicted molar refractivity (Wildman–Crippen MR) is 45.7 cm³/mol. The van der Waals surface area contributed by atoms with Crippen molar-refractivity contribution in [2.45, 2.75) is 46.5 Å². The molecular weight excluding hydrogens is 120 g/mol. The second-order valence-electron chi connectivity index (χ2n) is 4.00. The molecule has 0 aliphatic heterocycles. The minimum absolute atomic E-state index is 0.840. The molecule has 60 valence electrons. The van der Waals surface area contributed by atoms with Crippen LogP contribution in [0.3, 0.4) is 0 Å². The molecule has 0 heteroatoms. The first kappa shape index (κ1) is 8.10. The van der Waals surface area contributed by atoms with Gasteiger partial charge >= 0.3 is 0 Å². The summed E-state index contributed by atoms with van der Waals surface area (Å²) in [7, 11) is 0. The van der Waals surface area contributed by atoms with Gasteiger partial charge in [-0.05, 0) is 5.92 Å². The van der Waals surface area contributed by atoms with Crippen LogP contribution in [-0.2, 0) is 0 Å². The summed E-state index contributed by atoms with van der Waals surface area (Å²) in [5.41, 5.74) is 0. The van der Waals surface area contributed by atoms with Gasteiger partial charge in [0.15, 0.2) is 0 Å². The Hall–Kier alpha value is 0. The topological polar surface area (TPSA) is 0 Å². The molecule has 1 aliphatic rings. The van der Waals surface area contributed by atoms with Gasteiger partial charge in [-0.25, -0.2) is 0 Å². The summed E-state index contributed by atoms with van der Waals surface area (Å²) < 4.78 is 0. The van der Waals surface area contributed by atoms with E-state index in [1.807, 2.05) is 0 Å². The lowest BCUT2D eigenvalue weighted by atomic mass is 9.78. The maximum atomic E-state index is 2.37. The lowest BCUT2D eigenvalue weighted by Gasteiger charge is -2.41. The highest BCUT2D eigenvalue weighted by Gasteiger charge is 2.09. The fraction of sp³-hybridized carbons (Fsp3) is 0.900. The molecule has 0 N–H and O–H groups in total. The van der Waals surface area contributed by atoms with E-state index in [-0.39, 0.29) is 0 Å². The molecule has 10 heavy (non-hydrogen) atoms. The van der Waals surface area contributed by atoms with E-state index in [0.29, 0.717) is 0 Å². The van der Waals surface area contributed by atoms with Crippen LogP contribution in [0.25, 0.3) is 0 Å². The molecule has 1 saturated carbocycles. The van der Waals surface area contributed by atoms with E-state index >= 15 is 0 Å². The molecule has 1 fully saturated rings. The van der Waals surface area contributed by atoms with Crippen LogP contribution in [0.4, 0.5) is 0 Å². The van der Waals surface area contributed by atoms with E-state index in [9.17, 15) is 0 Å². The zero-order valence-corrected chi connectivity index (χ0v) is 7.48. The molecule has 0 bridgehead atoms. The Bertz CT molecular complexity index is 86.2. The fourth-order valence-corrected chi connectivity index (χ4v) is 1.71. The molecule has 0 nitrogen and oxygen atoms in total. The monoisotopic (exact) mass is 139 g/mol. The molecule has 0 amide bonds. The summed E-state index contributed by atoms with van der Waals surface area (Å²) in [4.78, 5) is 0. The van der Waals surface area contributed by atoms with Crippen LogP contribution >= 0.6 is 0 Å². The van der Waals surface area contributed by atoms with Crippen LogP contribution in [0.5, 0.6) is 0 Å². The van der Waals surface area contributed by atoms with Crippen LogP contribution in [0.1, 0.15) is 46.5 Å². The Kier molecular flexibility index (Phi) is 2.76. The van der Waals surface area contributed by atoms with Crippen LogP contribution in [0.2, 0.25) is 0 Å². The van der Waals surface area contributed by atoms with Gasteiger partial charge in [-0.2, -0.15) is 18.8 Å². The first-order valence-corrected chi connectivity index (χ1v) is 4.54. The average Bonchev–Trinajstić information content (AvgIpc) is 1.88. The molecule has 0 aromatic rings. The van der Waals surface area contributed by atoms with E-state index in [1.165, 1.54) is 25.7 Å². The zero-order valence-electron chi connectivity index (χ0n) is 7.48. The van der Waals surface area contributed by atoms with Crippen molar-refractivity contribution in [2.24, 2.45) is 11.8 Å². The molecule has 0 saturated heterocycles. The highest BCUT2D eigenvalue weighted by atomic mass is 14.3.